The van der Waals surface area contributed by atoms with Crippen LogP contribution in [0.25, 0.3) is 0 Å². The van der Waals surface area contributed by atoms with Gasteiger partial charge in [0, 0.05) is 18.2 Å². The zero-order valence-electron chi connectivity index (χ0n) is 5.48. The number of thioether (sulfide) groups is 1. The van der Waals surface area contributed by atoms with Crippen LogP contribution in [0.1, 0.15) is 26.2 Å². The molecule has 0 saturated heterocycles. The van der Waals surface area contributed by atoms with Crippen LogP contribution in [0.5, 0.6) is 0 Å². The maximum Gasteiger partial charge on any atom is 0.147 e. The van der Waals surface area contributed by atoms with Gasteiger partial charge in [-0.2, -0.15) is 5.26 Å². The van der Waals surface area contributed by atoms with Crippen molar-refractivity contribution in [3.05, 3.63) is 0 Å². The minimum atomic E-state index is 0.922. The lowest BCUT2D eigenvalue weighted by Crippen LogP contribution is -1.64. The van der Waals surface area contributed by atoms with E-state index in [-0.39, 0.29) is 0 Å². The van der Waals surface area contributed by atoms with Gasteiger partial charge in [-0.05, 0) is 11.7 Å². The number of nitrogens with zero attached hydrogens (tertiary/aromatic N) is 1. The lowest BCUT2D eigenvalue weighted by Gasteiger charge is -1.81. The summed E-state index contributed by atoms with van der Waals surface area (Å²) < 4.78 is 0. The number of thiocyanates is 1. The smallest absolute Gasteiger partial charge is 0.147 e. The molecule has 0 fully saturated rings. The standard InChI is InChI=1S/C7H9NS/c1-2-3-4-5-6-9-7-8/h2-4H2,1H3. The second-order valence-electron chi connectivity index (χ2n) is 1.58. The van der Waals surface area contributed by atoms with E-state index in [0.29, 0.717) is 0 Å². The fourth-order valence-corrected chi connectivity index (χ4v) is 0.595. The molecule has 0 aliphatic carbocycles. The van der Waals surface area contributed by atoms with Gasteiger partial charge in [-0.25, -0.2) is 0 Å². The zero-order valence-corrected chi connectivity index (χ0v) is 6.29. The molecule has 1 nitrogen and oxygen atoms in total. The number of hydrogen-bond acceptors (Lipinski definition) is 2. The second-order valence-corrected chi connectivity index (χ2v) is 2.17. The van der Waals surface area contributed by atoms with Crippen molar-refractivity contribution in [2.24, 2.45) is 0 Å². The molecule has 0 saturated carbocycles. The van der Waals surface area contributed by atoms with E-state index < -0.39 is 0 Å². The lowest BCUT2D eigenvalue weighted by molar-refractivity contribution is 0.828. The van der Waals surface area contributed by atoms with Crippen LogP contribution < -0.4 is 0 Å². The summed E-state index contributed by atoms with van der Waals surface area (Å²) in [6, 6.07) is 0. The summed E-state index contributed by atoms with van der Waals surface area (Å²) in [7, 11) is 0. The van der Waals surface area contributed by atoms with Gasteiger partial charge >= 0.3 is 0 Å². The molecule has 0 amide bonds. The van der Waals surface area contributed by atoms with Gasteiger partial charge < -0.3 is 0 Å². The maximum atomic E-state index is 8.03. The summed E-state index contributed by atoms with van der Waals surface area (Å²) in [5, 5.41) is 12.6. The molecule has 0 bridgehead atoms. The molecule has 0 heterocycles. The normalized spacial score (nSPS) is 7.11. The quantitative estimate of drug-likeness (QED) is 0.333. The van der Waals surface area contributed by atoms with Crippen LogP contribution in [-0.4, -0.2) is 0 Å². The van der Waals surface area contributed by atoms with Crippen molar-refractivity contribution in [3.8, 4) is 16.6 Å². The fraction of sp³-hybridized carbons (Fsp3) is 0.571. The van der Waals surface area contributed by atoms with E-state index in [1.54, 1.807) is 0 Å². The molecule has 0 aliphatic rings. The molecule has 48 valence electrons. The average Bonchev–Trinajstić information content (AvgIpc) is 1.89. The molecule has 0 radical (unpaired) electrons. The van der Waals surface area contributed by atoms with Gasteiger partial charge in [0.1, 0.15) is 5.40 Å². The van der Waals surface area contributed by atoms with Crippen LogP contribution >= 0.6 is 11.8 Å². The van der Waals surface area contributed by atoms with Crippen molar-refractivity contribution >= 4 is 11.8 Å². The minimum absolute atomic E-state index is 0.922. The van der Waals surface area contributed by atoms with E-state index in [9.17, 15) is 0 Å². The van der Waals surface area contributed by atoms with Crippen molar-refractivity contribution in [2.45, 2.75) is 26.2 Å². The SMILES string of the molecule is CCCCC#CSC#N. The summed E-state index contributed by atoms with van der Waals surface area (Å²) >= 11 is 1.00. The molecule has 0 aromatic carbocycles. The molecule has 0 aromatic heterocycles. The molecular formula is C7H9NS. The van der Waals surface area contributed by atoms with Crippen LogP contribution in [0.2, 0.25) is 0 Å². The van der Waals surface area contributed by atoms with Crippen LogP contribution in [0, 0.1) is 21.8 Å². The zero-order chi connectivity index (χ0) is 6.95. The van der Waals surface area contributed by atoms with Crippen LogP contribution in [0.3, 0.4) is 0 Å². The highest BCUT2D eigenvalue weighted by atomic mass is 32.2. The Hall–Kier alpha value is -0.600. The molecule has 0 aliphatic heterocycles. The monoisotopic (exact) mass is 139 g/mol. The third kappa shape index (κ3) is 7.40. The van der Waals surface area contributed by atoms with Crippen LogP contribution in [-0.2, 0) is 0 Å². The minimum Gasteiger partial charge on any atom is -0.184 e. The first-order valence-corrected chi connectivity index (χ1v) is 3.76. The molecule has 0 N–H and O–H groups in total. The number of unbranched alkanes of at least 4 members (excludes halogenated alkanes) is 2. The van der Waals surface area contributed by atoms with Gasteiger partial charge in [0.2, 0.25) is 0 Å². The van der Waals surface area contributed by atoms with E-state index in [1.807, 2.05) is 5.40 Å². The van der Waals surface area contributed by atoms with Gasteiger partial charge in [-0.3, -0.25) is 0 Å². The van der Waals surface area contributed by atoms with Crippen molar-refractivity contribution in [3.63, 3.8) is 0 Å². The van der Waals surface area contributed by atoms with Gasteiger partial charge in [0.25, 0.3) is 0 Å². The fourth-order valence-electron chi connectivity index (χ4n) is 0.375. The maximum absolute atomic E-state index is 8.03. The molecule has 0 rings (SSSR count). The van der Waals surface area contributed by atoms with Gasteiger partial charge in [0.05, 0.1) is 0 Å². The molecule has 0 unspecified atom stereocenters. The van der Waals surface area contributed by atoms with E-state index >= 15 is 0 Å². The Kier molecular flexibility index (Phi) is 6.91. The summed E-state index contributed by atoms with van der Waals surface area (Å²) in [4.78, 5) is 0. The van der Waals surface area contributed by atoms with Gasteiger partial charge in [-0.15, -0.1) is 0 Å². The third-order valence-electron chi connectivity index (χ3n) is 0.824. The number of hydrogen-bond donors (Lipinski definition) is 0. The third-order valence-corrected chi connectivity index (χ3v) is 1.16. The van der Waals surface area contributed by atoms with Gasteiger partial charge in [-0.1, -0.05) is 19.3 Å². The summed E-state index contributed by atoms with van der Waals surface area (Å²) in [5.74, 6) is 2.88. The summed E-state index contributed by atoms with van der Waals surface area (Å²) in [6.07, 6.45) is 3.23. The van der Waals surface area contributed by atoms with Gasteiger partial charge in [0.15, 0.2) is 0 Å². The predicted molar refractivity (Wildman–Crippen MR) is 40.5 cm³/mol. The molecule has 0 atom stereocenters. The van der Waals surface area contributed by atoms with Crippen LogP contribution in [0.15, 0.2) is 0 Å². The molecule has 2 heteroatoms. The largest absolute Gasteiger partial charge is 0.184 e. The molecule has 0 spiro atoms. The Labute approximate surface area is 60.4 Å². The first-order valence-electron chi connectivity index (χ1n) is 2.94. The van der Waals surface area contributed by atoms with Crippen molar-refractivity contribution in [2.75, 3.05) is 0 Å². The Bertz CT molecular complexity index is 147. The highest BCUT2D eigenvalue weighted by molar-refractivity contribution is 8.08. The molecule has 9 heavy (non-hydrogen) atoms. The Morgan fingerprint density at radius 2 is 2.33 bits per heavy atom. The average molecular weight is 139 g/mol. The summed E-state index contributed by atoms with van der Waals surface area (Å²) in [6.45, 7) is 2.12. The van der Waals surface area contributed by atoms with Crippen molar-refractivity contribution in [1.29, 1.82) is 5.26 Å². The predicted octanol–water partition coefficient (Wildman–Crippen LogP) is 2.35. The van der Waals surface area contributed by atoms with Crippen molar-refractivity contribution < 1.29 is 0 Å². The Balaban J connectivity index is 3.08. The summed E-state index contributed by atoms with van der Waals surface area (Å²) in [5.41, 5.74) is 0. The Morgan fingerprint density at radius 1 is 1.56 bits per heavy atom. The molecule has 0 aromatic rings. The van der Waals surface area contributed by atoms with Crippen LogP contribution in [0.4, 0.5) is 0 Å². The molecular weight excluding hydrogens is 130 g/mol. The Morgan fingerprint density at radius 3 is 2.89 bits per heavy atom. The van der Waals surface area contributed by atoms with E-state index in [1.165, 1.54) is 6.42 Å². The number of rotatable bonds is 2. The number of nitriles is 1. The van der Waals surface area contributed by atoms with E-state index in [2.05, 4.69) is 18.1 Å². The lowest BCUT2D eigenvalue weighted by atomic mass is 10.3. The van der Waals surface area contributed by atoms with E-state index in [0.717, 1.165) is 24.6 Å². The first-order chi connectivity index (χ1) is 4.41. The topological polar surface area (TPSA) is 23.8 Å². The van der Waals surface area contributed by atoms with Crippen molar-refractivity contribution in [1.82, 2.24) is 0 Å². The van der Waals surface area contributed by atoms with E-state index in [4.69, 9.17) is 5.26 Å². The first kappa shape index (κ1) is 8.40. The highest BCUT2D eigenvalue weighted by Crippen LogP contribution is 1.94. The highest BCUT2D eigenvalue weighted by Gasteiger charge is 1.75. The second kappa shape index (κ2) is 7.40.